The lowest BCUT2D eigenvalue weighted by Gasteiger charge is -2.31. The van der Waals surface area contributed by atoms with E-state index in [0.29, 0.717) is 5.69 Å². The number of anilines is 1. The molecule has 2 heterocycles. The zero-order chi connectivity index (χ0) is 21.8. The highest BCUT2D eigenvalue weighted by atomic mass is 16.4. The molecule has 2 aliphatic heterocycles. The number of nitrogens with one attached hydrogen (secondary N) is 2. The molecule has 7 heteroatoms. The van der Waals surface area contributed by atoms with E-state index in [1.807, 2.05) is 18.2 Å². The number of hydrogen-bond donors (Lipinski definition) is 2. The maximum absolute atomic E-state index is 13.0. The van der Waals surface area contributed by atoms with Crippen LogP contribution in [0.5, 0.6) is 0 Å². The normalized spacial score (nSPS) is 24.1. The number of imide groups is 1. The van der Waals surface area contributed by atoms with Crippen LogP contribution in [-0.2, 0) is 9.59 Å². The van der Waals surface area contributed by atoms with E-state index in [-0.39, 0.29) is 29.8 Å². The summed E-state index contributed by atoms with van der Waals surface area (Å²) in [6.45, 7) is 4.53. The Balaban J connectivity index is 1.32. The number of amides is 2. The first-order valence-corrected chi connectivity index (χ1v) is 10.6. The summed E-state index contributed by atoms with van der Waals surface area (Å²) in [5.41, 5.74) is 1.62. The summed E-state index contributed by atoms with van der Waals surface area (Å²) in [5.74, 6) is -1.72. The van der Waals surface area contributed by atoms with Gasteiger partial charge in [-0.1, -0.05) is 48.5 Å². The van der Waals surface area contributed by atoms with Gasteiger partial charge in [-0.3, -0.25) is 9.59 Å². The summed E-state index contributed by atoms with van der Waals surface area (Å²) in [5, 5.41) is 10.9. The van der Waals surface area contributed by atoms with Crippen molar-refractivity contribution in [3.8, 4) is 0 Å². The molecule has 2 aromatic carbocycles. The van der Waals surface area contributed by atoms with Crippen molar-refractivity contribution in [1.82, 2.24) is 0 Å². The molecule has 0 unspecified atom stereocenters. The van der Waals surface area contributed by atoms with Crippen LogP contribution in [0.4, 0.5) is 5.69 Å². The van der Waals surface area contributed by atoms with Crippen LogP contribution in [0, 0.1) is 0 Å². The molecule has 160 valence electrons. The number of nitrogens with zero attached hydrogens (tertiary/aromatic N) is 1. The molecular formula is C24H26N3O4+. The van der Waals surface area contributed by atoms with E-state index < -0.39 is 5.97 Å². The molecule has 2 amide bonds. The van der Waals surface area contributed by atoms with Crippen LogP contribution >= 0.6 is 0 Å². The quantitative estimate of drug-likeness (QED) is 0.539. The van der Waals surface area contributed by atoms with Gasteiger partial charge >= 0.3 is 0 Å². The molecule has 2 aromatic rings. The Hall–Kier alpha value is -3.29. The molecule has 0 bridgehead atoms. The zero-order valence-electron chi connectivity index (χ0n) is 17.3. The summed E-state index contributed by atoms with van der Waals surface area (Å²) in [7, 11) is 0. The van der Waals surface area contributed by atoms with Gasteiger partial charge in [-0.2, -0.15) is 0 Å². The Bertz CT molecular complexity index is 980. The number of quaternary nitrogens is 2. The number of benzene rings is 2. The molecule has 31 heavy (non-hydrogen) atoms. The SMILES string of the molecule is O=C([O-])c1ccc(N2C(=O)C[C@H]([NH+]3CC[NH+](C/C=C\c4ccccc4)CC3)C2=O)cc1. The van der Waals surface area contributed by atoms with Gasteiger partial charge in [-0.05, 0) is 29.3 Å². The van der Waals surface area contributed by atoms with E-state index in [1.54, 1.807) is 0 Å². The van der Waals surface area contributed by atoms with E-state index in [9.17, 15) is 19.5 Å². The van der Waals surface area contributed by atoms with Crippen LogP contribution in [0.25, 0.3) is 6.08 Å². The maximum atomic E-state index is 13.0. The summed E-state index contributed by atoms with van der Waals surface area (Å²) in [6.07, 6.45) is 4.52. The highest BCUT2D eigenvalue weighted by molar-refractivity contribution is 6.21. The number of carbonyl (C=O) groups is 3. The molecule has 0 radical (unpaired) electrons. The number of aromatic carboxylic acids is 1. The minimum absolute atomic E-state index is 0.0189. The fourth-order valence-electron chi connectivity index (χ4n) is 4.37. The van der Waals surface area contributed by atoms with Crippen LogP contribution < -0.4 is 19.8 Å². The number of carboxylic acid groups (broad SMARTS) is 1. The Morgan fingerprint density at radius 1 is 1.00 bits per heavy atom. The average molecular weight is 420 g/mol. The van der Waals surface area contributed by atoms with Crippen molar-refractivity contribution in [2.45, 2.75) is 12.5 Å². The predicted molar refractivity (Wildman–Crippen MR) is 113 cm³/mol. The molecule has 4 rings (SSSR count). The molecule has 0 saturated carbocycles. The smallest absolute Gasteiger partial charge is 0.292 e. The Kier molecular flexibility index (Phi) is 6.25. The van der Waals surface area contributed by atoms with Crippen LogP contribution in [0.3, 0.4) is 0 Å². The van der Waals surface area contributed by atoms with Crippen LogP contribution in [0.1, 0.15) is 22.3 Å². The lowest BCUT2D eigenvalue weighted by Crippen LogP contribution is -3.30. The first-order valence-electron chi connectivity index (χ1n) is 10.6. The van der Waals surface area contributed by atoms with Crippen molar-refractivity contribution in [1.29, 1.82) is 0 Å². The van der Waals surface area contributed by atoms with Crippen LogP contribution in [0.15, 0.2) is 60.7 Å². The third-order valence-electron chi connectivity index (χ3n) is 6.12. The van der Waals surface area contributed by atoms with Gasteiger partial charge in [-0.15, -0.1) is 0 Å². The maximum Gasteiger partial charge on any atom is 0.292 e. The molecular weight excluding hydrogens is 394 g/mol. The molecule has 0 aromatic heterocycles. The van der Waals surface area contributed by atoms with Gasteiger partial charge < -0.3 is 19.7 Å². The van der Waals surface area contributed by atoms with E-state index in [0.717, 1.165) is 37.6 Å². The second-order valence-corrected chi connectivity index (χ2v) is 8.08. The van der Waals surface area contributed by atoms with E-state index in [4.69, 9.17) is 0 Å². The molecule has 2 aliphatic rings. The molecule has 0 spiro atoms. The highest BCUT2D eigenvalue weighted by Gasteiger charge is 2.46. The summed E-state index contributed by atoms with van der Waals surface area (Å²) in [6, 6.07) is 15.5. The van der Waals surface area contributed by atoms with E-state index >= 15 is 0 Å². The van der Waals surface area contributed by atoms with Gasteiger partial charge in [0.25, 0.3) is 5.91 Å². The van der Waals surface area contributed by atoms with E-state index in [2.05, 4.69) is 24.3 Å². The molecule has 7 nitrogen and oxygen atoms in total. The topological polar surface area (TPSA) is 86.4 Å². The Labute approximate surface area is 181 Å². The van der Waals surface area contributed by atoms with E-state index in [1.165, 1.54) is 39.6 Å². The van der Waals surface area contributed by atoms with Crippen molar-refractivity contribution < 1.29 is 29.3 Å². The summed E-state index contributed by atoms with van der Waals surface area (Å²) >= 11 is 0. The van der Waals surface area contributed by atoms with Crippen molar-refractivity contribution in [3.05, 3.63) is 71.8 Å². The number of carboxylic acids is 1. The number of rotatable bonds is 6. The van der Waals surface area contributed by atoms with Gasteiger partial charge in [0.05, 0.1) is 24.6 Å². The Morgan fingerprint density at radius 3 is 2.32 bits per heavy atom. The predicted octanol–water partition coefficient (Wildman–Crippen LogP) is -1.82. The monoisotopic (exact) mass is 420 g/mol. The fraction of sp³-hybridized carbons (Fsp3) is 0.292. The van der Waals surface area contributed by atoms with Gasteiger partial charge in [0.1, 0.15) is 26.2 Å². The number of hydrogen-bond acceptors (Lipinski definition) is 4. The fourth-order valence-corrected chi connectivity index (χ4v) is 4.37. The minimum atomic E-state index is -1.29. The molecule has 2 N–H and O–H groups in total. The lowest BCUT2D eigenvalue weighted by molar-refractivity contribution is -1.02. The molecule has 2 saturated heterocycles. The van der Waals surface area contributed by atoms with Crippen LogP contribution in [-0.4, -0.2) is 56.5 Å². The van der Waals surface area contributed by atoms with Gasteiger partial charge in [0.15, 0.2) is 6.04 Å². The highest BCUT2D eigenvalue weighted by Crippen LogP contribution is 2.22. The second kappa shape index (κ2) is 9.24. The van der Waals surface area contributed by atoms with Gasteiger partial charge in [-0.25, -0.2) is 4.90 Å². The zero-order valence-corrected chi connectivity index (χ0v) is 17.3. The lowest BCUT2D eigenvalue weighted by atomic mass is 10.1. The first-order chi connectivity index (χ1) is 15.0. The first kappa shape index (κ1) is 21.0. The number of piperazine rings is 1. The minimum Gasteiger partial charge on any atom is -0.545 e. The van der Waals surface area contributed by atoms with Gasteiger partial charge in [0, 0.05) is 0 Å². The number of carbonyl (C=O) groups excluding carboxylic acids is 3. The van der Waals surface area contributed by atoms with Crippen molar-refractivity contribution in [2.24, 2.45) is 0 Å². The second-order valence-electron chi connectivity index (χ2n) is 8.08. The molecule has 2 fully saturated rings. The third-order valence-corrected chi connectivity index (χ3v) is 6.12. The third kappa shape index (κ3) is 4.73. The van der Waals surface area contributed by atoms with Crippen LogP contribution in [0.2, 0.25) is 0 Å². The van der Waals surface area contributed by atoms with Crippen molar-refractivity contribution >= 4 is 29.5 Å². The van der Waals surface area contributed by atoms with Crippen molar-refractivity contribution in [2.75, 3.05) is 37.6 Å². The molecule has 1 atom stereocenters. The molecule has 0 aliphatic carbocycles. The standard InChI is InChI=1S/C24H25N3O4/c28-22-17-21(23(29)27(22)20-10-8-19(9-11-20)24(30)31)26-15-13-25(14-16-26)12-4-7-18-5-2-1-3-6-18/h1-11,21H,12-17H2,(H,30,31)/p+1/b7-4-/t21-/m0/s1. The Morgan fingerprint density at radius 2 is 1.68 bits per heavy atom. The van der Waals surface area contributed by atoms with Crippen molar-refractivity contribution in [3.63, 3.8) is 0 Å². The van der Waals surface area contributed by atoms with Gasteiger partial charge in [0.2, 0.25) is 5.91 Å². The average Bonchev–Trinajstić information content (AvgIpc) is 3.09. The summed E-state index contributed by atoms with van der Waals surface area (Å²) < 4.78 is 0. The largest absolute Gasteiger partial charge is 0.545 e. The summed E-state index contributed by atoms with van der Waals surface area (Å²) in [4.78, 5) is 40.3.